The Hall–Kier alpha value is -2.09. The number of hydrogen-bond acceptors (Lipinski definition) is 5. The molecule has 1 aromatic rings. The maximum atomic E-state index is 12.4. The van der Waals surface area contributed by atoms with Crippen LogP contribution in [0.2, 0.25) is 0 Å². The summed E-state index contributed by atoms with van der Waals surface area (Å²) in [6.45, 7) is 8.96. The number of hydrogen-bond donors (Lipinski definition) is 0. The van der Waals surface area contributed by atoms with Crippen molar-refractivity contribution in [3.05, 3.63) is 29.3 Å². The molecule has 1 aliphatic rings. The molecule has 0 bridgehead atoms. The lowest BCUT2D eigenvalue weighted by Crippen LogP contribution is -2.44. The van der Waals surface area contributed by atoms with Crippen molar-refractivity contribution in [1.29, 1.82) is 0 Å². The number of rotatable bonds is 2. The van der Waals surface area contributed by atoms with Gasteiger partial charge in [0.1, 0.15) is 0 Å². The third kappa shape index (κ3) is 4.97. The summed E-state index contributed by atoms with van der Waals surface area (Å²) < 4.78 is 41.1. The highest BCUT2D eigenvalue weighted by Crippen LogP contribution is 2.29. The van der Waals surface area contributed by atoms with Crippen LogP contribution in [0, 0.1) is 0 Å². The monoisotopic (exact) mass is 372 g/mol. The molecule has 1 fully saturated rings. The van der Waals surface area contributed by atoms with Crippen LogP contribution in [0.15, 0.2) is 18.2 Å². The molecule has 144 valence electrons. The molecule has 0 saturated carbocycles. The van der Waals surface area contributed by atoms with E-state index in [2.05, 4.69) is 14.5 Å². The van der Waals surface area contributed by atoms with Gasteiger partial charge in [-0.2, -0.15) is 13.2 Å². The number of benzene rings is 1. The fourth-order valence-electron chi connectivity index (χ4n) is 2.61. The average Bonchev–Trinajstić information content (AvgIpc) is 2.53. The molecule has 0 N–H and O–H groups in total. The van der Waals surface area contributed by atoms with Crippen LogP contribution >= 0.6 is 0 Å². The van der Waals surface area contributed by atoms with Crippen molar-refractivity contribution >= 4 is 17.6 Å². The number of anilines is 1. The van der Waals surface area contributed by atoms with Crippen molar-refractivity contribution in [3.63, 3.8) is 0 Å². The average molecular weight is 372 g/mol. The summed E-state index contributed by atoms with van der Waals surface area (Å²) in [5, 5.41) is 0. The maximum absolute atomic E-state index is 12.4. The van der Waals surface area contributed by atoms with Crippen molar-refractivity contribution in [2.75, 3.05) is 38.1 Å². The van der Waals surface area contributed by atoms with Crippen molar-refractivity contribution in [3.8, 4) is 0 Å². The Kier molecular flexibility index (Phi) is 5.65. The van der Waals surface area contributed by atoms with E-state index < -0.39 is 18.1 Å². The minimum Gasteiger partial charge on any atom is -0.383 e. The van der Waals surface area contributed by atoms with Crippen molar-refractivity contribution in [2.45, 2.75) is 32.4 Å². The molecule has 0 amide bonds. The number of alkyl halides is 3. The first-order chi connectivity index (χ1) is 11.9. The van der Waals surface area contributed by atoms with Crippen molar-refractivity contribution in [2.24, 2.45) is 0 Å². The van der Waals surface area contributed by atoms with E-state index in [1.165, 1.54) is 12.1 Å². The summed E-state index contributed by atoms with van der Waals surface area (Å²) in [6, 6.07) is 4.88. The quantitative estimate of drug-likeness (QED) is 0.590. The summed E-state index contributed by atoms with van der Waals surface area (Å²) in [4.78, 5) is 27.3. The third-order valence-corrected chi connectivity index (χ3v) is 4.30. The van der Waals surface area contributed by atoms with Crippen LogP contribution in [0.4, 0.5) is 18.9 Å². The molecular formula is C18H23F3N2O3. The zero-order chi connectivity index (χ0) is 19.7. The first-order valence-electron chi connectivity index (χ1n) is 8.30. The zero-order valence-corrected chi connectivity index (χ0v) is 15.3. The Labute approximate surface area is 150 Å². The number of nitrogens with zero attached hydrogens (tertiary/aromatic N) is 2. The van der Waals surface area contributed by atoms with E-state index in [0.717, 1.165) is 37.4 Å². The van der Waals surface area contributed by atoms with E-state index in [1.807, 2.05) is 33.9 Å². The van der Waals surface area contributed by atoms with Crippen molar-refractivity contribution < 1.29 is 27.5 Å². The van der Waals surface area contributed by atoms with E-state index in [4.69, 9.17) is 0 Å². The summed E-state index contributed by atoms with van der Waals surface area (Å²) in [5.74, 6) is -3.81. The molecule has 26 heavy (non-hydrogen) atoms. The number of piperazine rings is 1. The minimum atomic E-state index is -5.21. The Bertz CT molecular complexity index is 688. The van der Waals surface area contributed by atoms with Gasteiger partial charge in [-0.05, 0) is 36.2 Å². The van der Waals surface area contributed by atoms with Gasteiger partial charge < -0.3 is 14.5 Å². The number of carbonyl (C=O) groups is 2. The largest absolute Gasteiger partial charge is 0.491 e. The van der Waals surface area contributed by atoms with E-state index in [9.17, 15) is 22.8 Å². The van der Waals surface area contributed by atoms with Crippen LogP contribution in [-0.4, -0.2) is 56.2 Å². The molecule has 1 saturated heterocycles. The predicted molar refractivity (Wildman–Crippen MR) is 91.3 cm³/mol. The number of esters is 2. The van der Waals surface area contributed by atoms with E-state index in [-0.39, 0.29) is 11.0 Å². The normalized spacial score (nSPS) is 16.5. The molecule has 8 heteroatoms. The molecule has 5 nitrogen and oxygen atoms in total. The molecule has 0 atom stereocenters. The van der Waals surface area contributed by atoms with E-state index >= 15 is 0 Å². The summed E-state index contributed by atoms with van der Waals surface area (Å²) in [7, 11) is 2.01. The fraction of sp³-hybridized carbons (Fsp3) is 0.556. The predicted octanol–water partition coefficient (Wildman–Crippen LogP) is 2.98. The third-order valence-electron chi connectivity index (χ3n) is 4.30. The standard InChI is InChI=1S/C18H23F3N2O3/c1-17(2,3)13-9-12(15(24)26-16(25)18(19,20)21)10-14(11-13)23-7-5-22(4)6-8-23/h9-11H,5-8H2,1-4H3. The van der Waals surface area contributed by atoms with Crippen LogP contribution in [-0.2, 0) is 14.9 Å². The Morgan fingerprint density at radius 2 is 1.58 bits per heavy atom. The second-order valence-corrected chi connectivity index (χ2v) is 7.48. The number of carbonyl (C=O) groups excluding carboxylic acids is 2. The highest BCUT2D eigenvalue weighted by atomic mass is 19.4. The fourth-order valence-corrected chi connectivity index (χ4v) is 2.61. The van der Waals surface area contributed by atoms with Crippen LogP contribution in [0.3, 0.4) is 0 Å². The van der Waals surface area contributed by atoms with Crippen molar-refractivity contribution in [1.82, 2.24) is 4.90 Å². The Balaban J connectivity index is 2.34. The molecule has 0 aromatic heterocycles. The maximum Gasteiger partial charge on any atom is 0.491 e. The SMILES string of the molecule is CN1CCN(c2cc(C(=O)OC(=O)C(F)(F)F)cc(C(C)(C)C)c2)CC1. The molecule has 1 aromatic carbocycles. The molecule has 0 unspecified atom stereocenters. The Morgan fingerprint density at radius 3 is 2.08 bits per heavy atom. The molecule has 0 aliphatic carbocycles. The number of likely N-dealkylation sites (N-methyl/N-ethyl adjacent to an activating group) is 1. The molecule has 1 aliphatic heterocycles. The molecule has 1 heterocycles. The second kappa shape index (κ2) is 7.26. The van der Waals surface area contributed by atoms with Gasteiger partial charge in [-0.3, -0.25) is 0 Å². The van der Waals surface area contributed by atoms with Gasteiger partial charge in [0.2, 0.25) is 0 Å². The van der Waals surface area contributed by atoms with Gasteiger partial charge in [-0.25, -0.2) is 9.59 Å². The van der Waals surface area contributed by atoms with Gasteiger partial charge >= 0.3 is 18.1 Å². The lowest BCUT2D eigenvalue weighted by Gasteiger charge is -2.35. The van der Waals surface area contributed by atoms with Gasteiger partial charge in [-0.15, -0.1) is 0 Å². The van der Waals surface area contributed by atoms with Gasteiger partial charge in [0.05, 0.1) is 5.56 Å². The molecule has 0 radical (unpaired) electrons. The minimum absolute atomic E-state index is 0.0658. The van der Waals surface area contributed by atoms with Crippen LogP contribution in [0.5, 0.6) is 0 Å². The van der Waals surface area contributed by atoms with Gasteiger partial charge in [-0.1, -0.05) is 20.8 Å². The first kappa shape index (κ1) is 20.2. The molecular weight excluding hydrogens is 349 g/mol. The number of ether oxygens (including phenoxy) is 1. The lowest BCUT2D eigenvalue weighted by molar-refractivity contribution is -0.193. The summed E-state index contributed by atoms with van der Waals surface area (Å²) >= 11 is 0. The summed E-state index contributed by atoms with van der Waals surface area (Å²) in [5.41, 5.74) is 1.12. The van der Waals surface area contributed by atoms with E-state index in [0.29, 0.717) is 0 Å². The highest BCUT2D eigenvalue weighted by molar-refractivity contribution is 5.99. The zero-order valence-electron chi connectivity index (χ0n) is 15.3. The lowest BCUT2D eigenvalue weighted by atomic mass is 9.85. The van der Waals surface area contributed by atoms with Crippen LogP contribution < -0.4 is 4.90 Å². The topological polar surface area (TPSA) is 49.9 Å². The van der Waals surface area contributed by atoms with Crippen LogP contribution in [0.25, 0.3) is 0 Å². The first-order valence-corrected chi connectivity index (χ1v) is 8.30. The van der Waals surface area contributed by atoms with Gasteiger partial charge in [0.25, 0.3) is 0 Å². The molecule has 2 rings (SSSR count). The smallest absolute Gasteiger partial charge is 0.383 e. The highest BCUT2D eigenvalue weighted by Gasteiger charge is 2.42. The second-order valence-electron chi connectivity index (χ2n) is 7.48. The molecule has 0 spiro atoms. The summed E-state index contributed by atoms with van der Waals surface area (Å²) in [6.07, 6.45) is -5.21. The Morgan fingerprint density at radius 1 is 1.00 bits per heavy atom. The van der Waals surface area contributed by atoms with Gasteiger partial charge in [0.15, 0.2) is 0 Å². The number of halogens is 3. The van der Waals surface area contributed by atoms with Crippen LogP contribution in [0.1, 0.15) is 36.7 Å². The van der Waals surface area contributed by atoms with Gasteiger partial charge in [0, 0.05) is 31.9 Å². The van der Waals surface area contributed by atoms with E-state index in [1.54, 1.807) is 0 Å².